The number of rotatable bonds is 52. The molecule has 0 bridgehead atoms. The van der Waals surface area contributed by atoms with Crippen LogP contribution in [0.2, 0.25) is 0 Å². The number of ether oxygens (including phenoxy) is 3. The first kappa shape index (κ1) is 67.1. The smallest absolute Gasteiger partial charge is 0.306 e. The monoisotopic (exact) mass is 985 g/mol. The molecule has 0 fully saturated rings. The molecule has 6 nitrogen and oxygen atoms in total. The van der Waals surface area contributed by atoms with Gasteiger partial charge in [0.15, 0.2) is 6.10 Å². The largest absolute Gasteiger partial charge is 0.462 e. The summed E-state index contributed by atoms with van der Waals surface area (Å²) in [7, 11) is 0. The second kappa shape index (κ2) is 58.6. The lowest BCUT2D eigenvalue weighted by molar-refractivity contribution is -0.166. The molecule has 0 aromatic carbocycles. The third-order valence-corrected chi connectivity index (χ3v) is 12.2. The average molecular weight is 986 g/mol. The van der Waals surface area contributed by atoms with Crippen LogP contribution >= 0.6 is 0 Å². The van der Waals surface area contributed by atoms with Gasteiger partial charge >= 0.3 is 17.9 Å². The zero-order valence-electron chi connectivity index (χ0n) is 46.2. The van der Waals surface area contributed by atoms with Crippen LogP contribution in [0.4, 0.5) is 0 Å². The van der Waals surface area contributed by atoms with E-state index < -0.39 is 6.10 Å². The average Bonchev–Trinajstić information content (AvgIpc) is 3.37. The quantitative estimate of drug-likeness (QED) is 0.0261. The molecule has 1 atom stereocenters. The Bertz CT molecular complexity index is 1460. The summed E-state index contributed by atoms with van der Waals surface area (Å²) in [5, 5.41) is 0. The van der Waals surface area contributed by atoms with Crippen LogP contribution in [0, 0.1) is 0 Å². The topological polar surface area (TPSA) is 78.9 Å². The summed E-state index contributed by atoms with van der Waals surface area (Å²) in [6, 6.07) is 0. The Morgan fingerprint density at radius 3 is 0.986 bits per heavy atom. The third kappa shape index (κ3) is 56.9. The summed E-state index contributed by atoms with van der Waals surface area (Å²) in [5.41, 5.74) is 0. The molecule has 6 heteroatoms. The molecule has 0 aromatic heterocycles. The third-order valence-electron chi connectivity index (χ3n) is 12.2. The molecule has 0 saturated carbocycles. The van der Waals surface area contributed by atoms with Gasteiger partial charge < -0.3 is 14.2 Å². The van der Waals surface area contributed by atoms with E-state index in [0.717, 1.165) is 96.3 Å². The second-order valence-electron chi connectivity index (χ2n) is 19.2. The number of hydrogen-bond donors (Lipinski definition) is 0. The van der Waals surface area contributed by atoms with E-state index >= 15 is 0 Å². The lowest BCUT2D eigenvalue weighted by Crippen LogP contribution is -2.30. The molecule has 0 heterocycles. The number of hydrogen-bond acceptors (Lipinski definition) is 6. The maximum Gasteiger partial charge on any atom is 0.306 e. The molecular weight excluding hydrogens is 877 g/mol. The van der Waals surface area contributed by atoms with Crippen LogP contribution in [0.15, 0.2) is 109 Å². The predicted octanol–water partition coefficient (Wildman–Crippen LogP) is 19.9. The number of carbonyl (C=O) groups excluding carboxylic acids is 3. The molecule has 0 radical (unpaired) electrons. The Morgan fingerprint density at radius 1 is 0.296 bits per heavy atom. The maximum atomic E-state index is 12.9. The highest BCUT2D eigenvalue weighted by atomic mass is 16.6. The van der Waals surface area contributed by atoms with E-state index in [-0.39, 0.29) is 37.5 Å². The van der Waals surface area contributed by atoms with E-state index in [4.69, 9.17) is 14.2 Å². The van der Waals surface area contributed by atoms with E-state index in [0.29, 0.717) is 19.3 Å². The van der Waals surface area contributed by atoms with Crippen LogP contribution in [-0.4, -0.2) is 37.2 Å². The molecule has 404 valence electrons. The Kier molecular flexibility index (Phi) is 55.4. The van der Waals surface area contributed by atoms with Crippen LogP contribution in [-0.2, 0) is 28.6 Å². The van der Waals surface area contributed by atoms with Gasteiger partial charge in [0.05, 0.1) is 0 Å². The van der Waals surface area contributed by atoms with Crippen molar-refractivity contribution in [2.45, 2.75) is 271 Å². The molecule has 0 rings (SSSR count). The van der Waals surface area contributed by atoms with Crippen LogP contribution in [0.5, 0.6) is 0 Å². The van der Waals surface area contributed by atoms with E-state index in [1.807, 2.05) is 6.08 Å². The second-order valence-corrected chi connectivity index (χ2v) is 19.2. The summed E-state index contributed by atoms with van der Waals surface area (Å²) in [6.07, 6.45) is 79.4. The fourth-order valence-corrected chi connectivity index (χ4v) is 7.85. The van der Waals surface area contributed by atoms with Crippen LogP contribution < -0.4 is 0 Å². The molecule has 0 amide bonds. The zero-order valence-corrected chi connectivity index (χ0v) is 46.2. The van der Waals surface area contributed by atoms with E-state index in [2.05, 4.69) is 124 Å². The van der Waals surface area contributed by atoms with Gasteiger partial charge in [0.1, 0.15) is 13.2 Å². The standard InChI is InChI=1S/C65H108O6/c1-4-7-10-13-16-19-22-25-28-30-32-34-37-40-43-46-49-52-55-58-64(67)70-61-62(60-69-63(66)57-54-51-48-45-42-39-36-27-24-21-18-15-12-9-6-3)71-65(68)59-56-53-50-47-44-41-38-35-33-31-29-26-23-20-17-14-11-8-5-2/h7,10,16-17,19-20,25-29,32,34,36,40,43,49,52,62H,4-6,8-9,11-15,18,21-24,30-31,33,35,37-39,41-42,44-48,50-51,53-61H2,1-3H3/b10-7-,19-16-,20-17-,28-25-,29-26-,34-32-,36-27-,43-40-,52-49-/t62-/m1/s1. The molecule has 0 spiro atoms. The maximum absolute atomic E-state index is 12.9. The van der Waals surface area contributed by atoms with Crippen molar-refractivity contribution in [3.63, 3.8) is 0 Å². The lowest BCUT2D eigenvalue weighted by atomic mass is 10.1. The van der Waals surface area contributed by atoms with E-state index in [1.165, 1.54) is 122 Å². The van der Waals surface area contributed by atoms with Gasteiger partial charge in [0.2, 0.25) is 0 Å². The Labute approximate surface area is 438 Å². The number of carbonyl (C=O) groups is 3. The summed E-state index contributed by atoms with van der Waals surface area (Å²) in [6.45, 7) is 6.43. The molecule has 0 aliphatic rings. The van der Waals surface area contributed by atoms with Gasteiger partial charge in [0.25, 0.3) is 0 Å². The molecule has 0 N–H and O–H groups in total. The summed E-state index contributed by atoms with van der Waals surface area (Å²) in [4.78, 5) is 38.2. The van der Waals surface area contributed by atoms with Crippen LogP contribution in [0.3, 0.4) is 0 Å². The Hall–Kier alpha value is -3.93. The fourth-order valence-electron chi connectivity index (χ4n) is 7.85. The first-order valence-electron chi connectivity index (χ1n) is 29.4. The van der Waals surface area contributed by atoms with Crippen molar-refractivity contribution in [3.8, 4) is 0 Å². The minimum Gasteiger partial charge on any atom is -0.462 e. The summed E-state index contributed by atoms with van der Waals surface area (Å²) < 4.78 is 16.8. The van der Waals surface area contributed by atoms with Crippen molar-refractivity contribution in [2.75, 3.05) is 13.2 Å². The van der Waals surface area contributed by atoms with Gasteiger partial charge in [-0.05, 0) is 116 Å². The molecule has 0 unspecified atom stereocenters. The van der Waals surface area contributed by atoms with Crippen LogP contribution in [0.25, 0.3) is 0 Å². The number of allylic oxidation sites excluding steroid dienone is 18. The molecule has 0 aliphatic heterocycles. The highest BCUT2D eigenvalue weighted by Gasteiger charge is 2.19. The van der Waals surface area contributed by atoms with E-state index in [1.54, 1.807) is 0 Å². The van der Waals surface area contributed by atoms with Crippen molar-refractivity contribution in [1.82, 2.24) is 0 Å². The molecule has 0 aliphatic carbocycles. The van der Waals surface area contributed by atoms with Gasteiger partial charge in [-0.2, -0.15) is 0 Å². The first-order chi connectivity index (χ1) is 35.0. The lowest BCUT2D eigenvalue weighted by Gasteiger charge is -2.18. The van der Waals surface area contributed by atoms with Crippen molar-refractivity contribution in [2.24, 2.45) is 0 Å². The van der Waals surface area contributed by atoms with E-state index in [9.17, 15) is 14.4 Å². The summed E-state index contributed by atoms with van der Waals surface area (Å²) in [5.74, 6) is -1.01. The SMILES string of the molecule is CC/C=C\C/C=C\C/C=C\C/C=C\C/C=C\C/C=C\CCC(=O)OC[C@@H](COC(=O)CCCCCCC/C=C\CCCCCCCC)OC(=O)CCCCCCCCCCC/C=C\C/C=C\CCCCC. The van der Waals surface area contributed by atoms with Gasteiger partial charge in [0, 0.05) is 19.3 Å². The van der Waals surface area contributed by atoms with Crippen LogP contribution in [0.1, 0.15) is 265 Å². The molecule has 71 heavy (non-hydrogen) atoms. The van der Waals surface area contributed by atoms with Crippen molar-refractivity contribution in [3.05, 3.63) is 109 Å². The Balaban J connectivity index is 4.51. The minimum atomic E-state index is -0.817. The Morgan fingerprint density at radius 2 is 0.577 bits per heavy atom. The highest BCUT2D eigenvalue weighted by Crippen LogP contribution is 2.14. The van der Waals surface area contributed by atoms with Crippen molar-refractivity contribution in [1.29, 1.82) is 0 Å². The predicted molar refractivity (Wildman–Crippen MR) is 307 cm³/mol. The molecular formula is C65H108O6. The van der Waals surface area contributed by atoms with Gasteiger partial charge in [-0.3, -0.25) is 14.4 Å². The number of esters is 3. The zero-order chi connectivity index (χ0) is 51.4. The first-order valence-corrected chi connectivity index (χ1v) is 29.4. The molecule has 0 saturated heterocycles. The van der Waals surface area contributed by atoms with Crippen molar-refractivity contribution >= 4 is 17.9 Å². The van der Waals surface area contributed by atoms with Gasteiger partial charge in [-0.25, -0.2) is 0 Å². The van der Waals surface area contributed by atoms with Gasteiger partial charge in [-0.1, -0.05) is 239 Å². The normalized spacial score (nSPS) is 12.9. The fraction of sp³-hybridized carbons (Fsp3) is 0.677. The molecule has 0 aromatic rings. The number of unbranched alkanes of at least 4 members (excludes halogenated alkanes) is 23. The van der Waals surface area contributed by atoms with Gasteiger partial charge in [-0.15, -0.1) is 0 Å². The van der Waals surface area contributed by atoms with Crippen molar-refractivity contribution < 1.29 is 28.6 Å². The summed E-state index contributed by atoms with van der Waals surface area (Å²) >= 11 is 0. The highest BCUT2D eigenvalue weighted by molar-refractivity contribution is 5.71. The minimum absolute atomic E-state index is 0.108.